The molecule has 1 aliphatic rings. The number of carbonyl (C=O) groups is 1. The lowest BCUT2D eigenvalue weighted by molar-refractivity contribution is -0.147. The Bertz CT molecular complexity index is 634. The van der Waals surface area contributed by atoms with Crippen molar-refractivity contribution in [3.05, 3.63) is 65.2 Å². The van der Waals surface area contributed by atoms with Crippen LogP contribution in [-0.2, 0) is 5.79 Å². The predicted octanol–water partition coefficient (Wildman–Crippen LogP) is 2.81. The number of benzene rings is 2. The average molecular weight is 254 g/mol. The summed E-state index contributed by atoms with van der Waals surface area (Å²) in [5, 5.41) is 10.6. The molecule has 0 aromatic heterocycles. The van der Waals surface area contributed by atoms with Gasteiger partial charge in [-0.3, -0.25) is 4.79 Å². The van der Waals surface area contributed by atoms with E-state index < -0.39 is 5.79 Å². The highest BCUT2D eigenvalue weighted by atomic mass is 16.6. The van der Waals surface area contributed by atoms with Crippen LogP contribution in [0.2, 0.25) is 0 Å². The van der Waals surface area contributed by atoms with E-state index >= 15 is 0 Å². The monoisotopic (exact) mass is 254 g/mol. The number of aliphatic hydroxyl groups is 1. The molecule has 3 heteroatoms. The molecule has 0 radical (unpaired) electrons. The lowest BCUT2D eigenvalue weighted by Gasteiger charge is -2.34. The highest BCUT2D eigenvalue weighted by molar-refractivity contribution is 6.01. The van der Waals surface area contributed by atoms with Crippen LogP contribution in [0, 0.1) is 6.92 Å². The smallest absolute Gasteiger partial charge is 0.242 e. The molecule has 0 fully saturated rings. The van der Waals surface area contributed by atoms with E-state index in [1.54, 1.807) is 18.2 Å². The van der Waals surface area contributed by atoms with Gasteiger partial charge in [-0.25, -0.2) is 0 Å². The summed E-state index contributed by atoms with van der Waals surface area (Å²) in [7, 11) is 0. The number of aryl methyl sites for hydroxylation is 1. The fourth-order valence-corrected chi connectivity index (χ4v) is 2.47. The molecule has 19 heavy (non-hydrogen) atoms. The Hall–Kier alpha value is -2.13. The zero-order valence-electron chi connectivity index (χ0n) is 10.6. The van der Waals surface area contributed by atoms with E-state index in [0.717, 1.165) is 5.56 Å². The second kappa shape index (κ2) is 4.21. The van der Waals surface area contributed by atoms with E-state index in [9.17, 15) is 9.90 Å². The zero-order chi connectivity index (χ0) is 13.5. The quantitative estimate of drug-likeness (QED) is 0.851. The molecule has 0 aliphatic carbocycles. The Morgan fingerprint density at radius 3 is 2.58 bits per heavy atom. The molecule has 1 aliphatic heterocycles. The molecule has 2 aromatic rings. The Kier molecular flexibility index (Phi) is 2.64. The van der Waals surface area contributed by atoms with Gasteiger partial charge in [0.05, 0.1) is 12.0 Å². The van der Waals surface area contributed by atoms with E-state index in [1.807, 2.05) is 37.3 Å². The third-order valence-electron chi connectivity index (χ3n) is 3.42. The van der Waals surface area contributed by atoms with Gasteiger partial charge in [-0.15, -0.1) is 0 Å². The Morgan fingerprint density at radius 2 is 1.84 bits per heavy atom. The summed E-state index contributed by atoms with van der Waals surface area (Å²) in [4.78, 5) is 12.3. The van der Waals surface area contributed by atoms with Crippen molar-refractivity contribution in [2.24, 2.45) is 0 Å². The lowest BCUT2D eigenvalue weighted by atomic mass is 9.91. The van der Waals surface area contributed by atoms with Crippen molar-refractivity contribution in [3.63, 3.8) is 0 Å². The molecule has 2 aromatic carbocycles. The molecule has 1 heterocycles. The van der Waals surface area contributed by atoms with Crippen molar-refractivity contribution in [3.8, 4) is 5.75 Å². The number of rotatable bonds is 1. The molecule has 1 N–H and O–H groups in total. The van der Waals surface area contributed by atoms with E-state index in [1.165, 1.54) is 0 Å². The second-order valence-corrected chi connectivity index (χ2v) is 4.80. The number of hydrogen-bond acceptors (Lipinski definition) is 3. The van der Waals surface area contributed by atoms with E-state index in [0.29, 0.717) is 16.9 Å². The maximum Gasteiger partial charge on any atom is 0.242 e. The van der Waals surface area contributed by atoms with Gasteiger partial charge in [0.1, 0.15) is 5.75 Å². The van der Waals surface area contributed by atoms with Crippen LogP contribution in [0.15, 0.2) is 48.5 Å². The highest BCUT2D eigenvalue weighted by Crippen LogP contribution is 2.38. The van der Waals surface area contributed by atoms with E-state index in [4.69, 9.17) is 4.74 Å². The molecule has 1 unspecified atom stereocenters. The van der Waals surface area contributed by atoms with Gasteiger partial charge in [0.15, 0.2) is 5.78 Å². The SMILES string of the molecule is Cc1cccc2c1C(=O)CC(O)(c1ccccc1)O2. The van der Waals surface area contributed by atoms with Gasteiger partial charge in [-0.05, 0) is 18.6 Å². The van der Waals surface area contributed by atoms with Gasteiger partial charge < -0.3 is 9.84 Å². The third-order valence-corrected chi connectivity index (χ3v) is 3.42. The molecule has 96 valence electrons. The minimum absolute atomic E-state index is 0.0606. The highest BCUT2D eigenvalue weighted by Gasteiger charge is 2.40. The first-order chi connectivity index (χ1) is 9.10. The molecule has 0 spiro atoms. The van der Waals surface area contributed by atoms with Crippen molar-refractivity contribution in [2.75, 3.05) is 0 Å². The summed E-state index contributed by atoms with van der Waals surface area (Å²) >= 11 is 0. The Morgan fingerprint density at radius 1 is 1.11 bits per heavy atom. The third kappa shape index (κ3) is 1.92. The topological polar surface area (TPSA) is 46.5 Å². The van der Waals surface area contributed by atoms with Crippen LogP contribution in [0.5, 0.6) is 5.75 Å². The van der Waals surface area contributed by atoms with Crippen molar-refractivity contribution in [1.82, 2.24) is 0 Å². The first-order valence-corrected chi connectivity index (χ1v) is 6.20. The molecule has 1 atom stereocenters. The summed E-state index contributed by atoms with van der Waals surface area (Å²) in [6, 6.07) is 14.4. The summed E-state index contributed by atoms with van der Waals surface area (Å²) in [5.74, 6) is -1.22. The van der Waals surface area contributed by atoms with Gasteiger partial charge in [0.25, 0.3) is 0 Å². The number of ether oxygens (including phenoxy) is 1. The van der Waals surface area contributed by atoms with E-state index in [2.05, 4.69) is 0 Å². The molecule has 0 amide bonds. The molecule has 3 rings (SSSR count). The van der Waals surface area contributed by atoms with Gasteiger partial charge in [0, 0.05) is 5.56 Å². The Balaban J connectivity index is 2.09. The molecular formula is C16H14O3. The van der Waals surface area contributed by atoms with Crippen molar-refractivity contribution >= 4 is 5.78 Å². The predicted molar refractivity (Wildman–Crippen MR) is 71.1 cm³/mol. The zero-order valence-corrected chi connectivity index (χ0v) is 10.6. The van der Waals surface area contributed by atoms with Crippen molar-refractivity contribution < 1.29 is 14.6 Å². The summed E-state index contributed by atoms with van der Waals surface area (Å²) in [6.07, 6.45) is -0.0606. The number of Topliss-reactive ketones (excluding diaryl/α,β-unsaturated/α-hetero) is 1. The van der Waals surface area contributed by atoms with Gasteiger partial charge >= 0.3 is 0 Å². The fraction of sp³-hybridized carbons (Fsp3) is 0.188. The summed E-state index contributed by atoms with van der Waals surface area (Å²) in [6.45, 7) is 1.87. The summed E-state index contributed by atoms with van der Waals surface area (Å²) in [5.41, 5.74) is 2.04. The minimum Gasteiger partial charge on any atom is -0.457 e. The van der Waals surface area contributed by atoms with Crippen LogP contribution in [0.4, 0.5) is 0 Å². The maximum atomic E-state index is 12.3. The Labute approximate surface area is 111 Å². The van der Waals surface area contributed by atoms with Crippen molar-refractivity contribution in [2.45, 2.75) is 19.1 Å². The molecule has 0 bridgehead atoms. The first-order valence-electron chi connectivity index (χ1n) is 6.20. The van der Waals surface area contributed by atoms with Crippen LogP contribution in [0.3, 0.4) is 0 Å². The molecule has 0 saturated heterocycles. The number of fused-ring (bicyclic) bond motifs is 1. The van der Waals surface area contributed by atoms with Crippen LogP contribution in [0.25, 0.3) is 0 Å². The van der Waals surface area contributed by atoms with Crippen molar-refractivity contribution in [1.29, 1.82) is 0 Å². The standard InChI is InChI=1S/C16H14O3/c1-11-6-5-9-14-15(11)13(17)10-16(18,19-14)12-7-3-2-4-8-12/h2-9,18H,10H2,1H3. The second-order valence-electron chi connectivity index (χ2n) is 4.80. The largest absolute Gasteiger partial charge is 0.457 e. The number of ketones is 1. The maximum absolute atomic E-state index is 12.3. The van der Waals surface area contributed by atoms with Gasteiger partial charge in [0.2, 0.25) is 5.79 Å². The lowest BCUT2D eigenvalue weighted by Crippen LogP contribution is -2.39. The fourth-order valence-electron chi connectivity index (χ4n) is 2.47. The first kappa shape index (κ1) is 11.9. The summed E-state index contributed by atoms with van der Waals surface area (Å²) < 4.78 is 5.69. The number of carbonyl (C=O) groups excluding carboxylic acids is 1. The van der Waals surface area contributed by atoms with Gasteiger partial charge in [-0.1, -0.05) is 42.5 Å². The molecule has 3 nitrogen and oxygen atoms in total. The van der Waals surface area contributed by atoms with Gasteiger partial charge in [-0.2, -0.15) is 0 Å². The van der Waals surface area contributed by atoms with Crippen LogP contribution < -0.4 is 4.74 Å². The number of hydrogen-bond donors (Lipinski definition) is 1. The van der Waals surface area contributed by atoms with Crippen LogP contribution in [0.1, 0.15) is 27.9 Å². The van der Waals surface area contributed by atoms with E-state index in [-0.39, 0.29) is 12.2 Å². The minimum atomic E-state index is -1.57. The van der Waals surface area contributed by atoms with Crippen LogP contribution >= 0.6 is 0 Å². The normalized spacial score (nSPS) is 21.7. The van der Waals surface area contributed by atoms with Crippen LogP contribution in [-0.4, -0.2) is 10.9 Å². The average Bonchev–Trinajstić information content (AvgIpc) is 2.39. The molecular weight excluding hydrogens is 240 g/mol. The molecule has 0 saturated carbocycles.